The second-order valence-corrected chi connectivity index (χ2v) is 4.64. The van der Waals surface area contributed by atoms with E-state index in [0.29, 0.717) is 5.82 Å². The van der Waals surface area contributed by atoms with E-state index in [4.69, 9.17) is 10.6 Å². The molecule has 2 aromatic rings. The fourth-order valence-electron chi connectivity index (χ4n) is 1.99. The summed E-state index contributed by atoms with van der Waals surface area (Å²) in [4.78, 5) is 8.44. The van der Waals surface area contributed by atoms with Gasteiger partial charge in [0.05, 0.1) is 7.11 Å². The van der Waals surface area contributed by atoms with E-state index in [1.807, 2.05) is 24.3 Å². The standard InChI is InChI=1S/C14H19N5O/c1-9(2)12-13(16-8-17-14(12)19-15)18-10-5-4-6-11(7-10)20-3/h4-9H,15H2,1-3H3,(H2,16,17,18,19). The van der Waals surface area contributed by atoms with E-state index in [-0.39, 0.29) is 5.92 Å². The predicted octanol–water partition coefficient (Wildman–Crippen LogP) is 2.64. The van der Waals surface area contributed by atoms with Crippen LogP contribution in [0.15, 0.2) is 30.6 Å². The van der Waals surface area contributed by atoms with Crippen molar-refractivity contribution in [3.05, 3.63) is 36.2 Å². The lowest BCUT2D eigenvalue weighted by Gasteiger charge is -2.16. The van der Waals surface area contributed by atoms with Gasteiger partial charge in [-0.2, -0.15) is 0 Å². The maximum absolute atomic E-state index is 5.51. The van der Waals surface area contributed by atoms with Crippen LogP contribution in [-0.4, -0.2) is 17.1 Å². The Morgan fingerprint density at radius 1 is 1.20 bits per heavy atom. The van der Waals surface area contributed by atoms with Crippen molar-refractivity contribution in [2.45, 2.75) is 19.8 Å². The molecule has 2 rings (SSSR count). The first kappa shape index (κ1) is 14.1. The Labute approximate surface area is 118 Å². The van der Waals surface area contributed by atoms with Crippen LogP contribution in [0.1, 0.15) is 25.3 Å². The van der Waals surface area contributed by atoms with Gasteiger partial charge in [0.2, 0.25) is 0 Å². The highest BCUT2D eigenvalue weighted by Crippen LogP contribution is 2.30. The number of anilines is 3. The molecule has 1 aromatic heterocycles. The highest BCUT2D eigenvalue weighted by atomic mass is 16.5. The largest absolute Gasteiger partial charge is 0.497 e. The summed E-state index contributed by atoms with van der Waals surface area (Å²) in [5.74, 6) is 7.88. The quantitative estimate of drug-likeness (QED) is 0.573. The van der Waals surface area contributed by atoms with Gasteiger partial charge >= 0.3 is 0 Å². The molecule has 6 heteroatoms. The molecule has 0 unspecified atom stereocenters. The molecule has 4 N–H and O–H groups in total. The second kappa shape index (κ2) is 6.21. The maximum atomic E-state index is 5.51. The number of hydrogen-bond donors (Lipinski definition) is 3. The zero-order valence-corrected chi connectivity index (χ0v) is 11.8. The van der Waals surface area contributed by atoms with Crippen molar-refractivity contribution in [2.75, 3.05) is 17.9 Å². The van der Waals surface area contributed by atoms with Gasteiger partial charge in [-0.3, -0.25) is 0 Å². The van der Waals surface area contributed by atoms with Gasteiger partial charge in [0.15, 0.2) is 0 Å². The van der Waals surface area contributed by atoms with Crippen LogP contribution < -0.4 is 21.3 Å². The van der Waals surface area contributed by atoms with Gasteiger partial charge in [-0.1, -0.05) is 19.9 Å². The second-order valence-electron chi connectivity index (χ2n) is 4.64. The Hall–Kier alpha value is -2.34. The van der Waals surface area contributed by atoms with Crippen molar-refractivity contribution in [3.63, 3.8) is 0 Å². The fraction of sp³-hybridized carbons (Fsp3) is 0.286. The summed E-state index contributed by atoms with van der Waals surface area (Å²) in [6, 6.07) is 7.66. The van der Waals surface area contributed by atoms with E-state index in [1.54, 1.807) is 7.11 Å². The molecule has 1 aromatic carbocycles. The van der Waals surface area contributed by atoms with Gasteiger partial charge in [-0.15, -0.1) is 0 Å². The SMILES string of the molecule is COc1cccc(Nc2ncnc(NN)c2C(C)C)c1. The average Bonchev–Trinajstić information content (AvgIpc) is 2.46. The molecular weight excluding hydrogens is 254 g/mol. The van der Waals surface area contributed by atoms with E-state index in [9.17, 15) is 0 Å². The van der Waals surface area contributed by atoms with Crippen molar-refractivity contribution in [2.24, 2.45) is 5.84 Å². The van der Waals surface area contributed by atoms with Crippen LogP contribution in [0.5, 0.6) is 5.75 Å². The van der Waals surface area contributed by atoms with Gasteiger partial charge < -0.3 is 15.5 Å². The number of nitrogens with zero attached hydrogens (tertiary/aromatic N) is 2. The number of nitrogens with two attached hydrogens (primary N) is 1. The summed E-state index contributed by atoms with van der Waals surface area (Å²) < 4.78 is 5.21. The number of hydrazine groups is 1. The third kappa shape index (κ3) is 2.97. The molecule has 0 atom stereocenters. The van der Waals surface area contributed by atoms with Gasteiger partial charge in [-0.05, 0) is 18.1 Å². The van der Waals surface area contributed by atoms with Crippen molar-refractivity contribution < 1.29 is 4.74 Å². The molecule has 0 radical (unpaired) electrons. The molecule has 0 spiro atoms. The Balaban J connectivity index is 2.37. The summed E-state index contributed by atoms with van der Waals surface area (Å²) >= 11 is 0. The third-order valence-corrected chi connectivity index (χ3v) is 2.93. The average molecular weight is 273 g/mol. The molecule has 0 saturated carbocycles. The smallest absolute Gasteiger partial charge is 0.148 e. The van der Waals surface area contributed by atoms with Gasteiger partial charge in [0, 0.05) is 17.3 Å². The summed E-state index contributed by atoms with van der Waals surface area (Å²) in [7, 11) is 1.64. The van der Waals surface area contributed by atoms with Gasteiger partial charge in [0.25, 0.3) is 0 Å². The molecule has 6 nitrogen and oxygen atoms in total. The monoisotopic (exact) mass is 273 g/mol. The van der Waals surface area contributed by atoms with Gasteiger partial charge in [-0.25, -0.2) is 15.8 Å². The van der Waals surface area contributed by atoms with E-state index in [0.717, 1.165) is 22.8 Å². The van der Waals surface area contributed by atoms with Crippen LogP contribution in [0.3, 0.4) is 0 Å². The number of benzene rings is 1. The molecule has 0 aliphatic heterocycles. The lowest BCUT2D eigenvalue weighted by molar-refractivity contribution is 0.415. The Kier molecular flexibility index (Phi) is 4.37. The van der Waals surface area contributed by atoms with Crippen LogP contribution in [-0.2, 0) is 0 Å². The summed E-state index contributed by atoms with van der Waals surface area (Å²) in [5.41, 5.74) is 4.45. The van der Waals surface area contributed by atoms with Gasteiger partial charge in [0.1, 0.15) is 23.7 Å². The minimum atomic E-state index is 0.232. The summed E-state index contributed by atoms with van der Waals surface area (Å²) in [6.45, 7) is 4.13. The van der Waals surface area contributed by atoms with E-state index in [1.165, 1.54) is 6.33 Å². The number of methoxy groups -OCH3 is 1. The normalized spacial score (nSPS) is 10.4. The minimum Gasteiger partial charge on any atom is -0.497 e. The van der Waals surface area contributed by atoms with Crippen LogP contribution in [0.25, 0.3) is 0 Å². The first-order valence-electron chi connectivity index (χ1n) is 6.38. The summed E-state index contributed by atoms with van der Waals surface area (Å²) in [5, 5.41) is 3.28. The van der Waals surface area contributed by atoms with E-state index in [2.05, 4.69) is 34.6 Å². The number of nitrogens with one attached hydrogen (secondary N) is 2. The van der Waals surface area contributed by atoms with Crippen molar-refractivity contribution in [3.8, 4) is 5.75 Å². The Bertz CT molecular complexity index is 586. The number of hydrogen-bond acceptors (Lipinski definition) is 6. The number of aromatic nitrogens is 2. The van der Waals surface area contributed by atoms with Crippen molar-refractivity contribution in [1.29, 1.82) is 0 Å². The first-order chi connectivity index (χ1) is 9.65. The molecule has 0 aliphatic rings. The van der Waals surface area contributed by atoms with Crippen LogP contribution in [0.4, 0.5) is 17.3 Å². The van der Waals surface area contributed by atoms with Crippen LogP contribution in [0.2, 0.25) is 0 Å². The maximum Gasteiger partial charge on any atom is 0.148 e. The fourth-order valence-corrected chi connectivity index (χ4v) is 1.99. The zero-order chi connectivity index (χ0) is 14.5. The molecule has 0 fully saturated rings. The van der Waals surface area contributed by atoms with E-state index >= 15 is 0 Å². The third-order valence-electron chi connectivity index (χ3n) is 2.93. The predicted molar refractivity (Wildman–Crippen MR) is 80.2 cm³/mol. The van der Waals surface area contributed by atoms with Crippen molar-refractivity contribution in [1.82, 2.24) is 9.97 Å². The van der Waals surface area contributed by atoms with Crippen LogP contribution >= 0.6 is 0 Å². The summed E-state index contributed by atoms with van der Waals surface area (Å²) in [6.07, 6.45) is 1.48. The number of nitrogen functional groups attached to an aromatic ring is 1. The highest BCUT2D eigenvalue weighted by molar-refractivity contribution is 5.66. The van der Waals surface area contributed by atoms with Crippen molar-refractivity contribution >= 4 is 17.3 Å². The Morgan fingerprint density at radius 3 is 2.60 bits per heavy atom. The topological polar surface area (TPSA) is 85.1 Å². The molecule has 106 valence electrons. The minimum absolute atomic E-state index is 0.232. The molecule has 0 bridgehead atoms. The number of ether oxygens (including phenoxy) is 1. The van der Waals surface area contributed by atoms with Crippen LogP contribution in [0, 0.1) is 0 Å². The lowest BCUT2D eigenvalue weighted by Crippen LogP contribution is -2.14. The first-order valence-corrected chi connectivity index (χ1v) is 6.38. The molecule has 1 heterocycles. The Morgan fingerprint density at radius 2 is 1.95 bits per heavy atom. The molecule has 0 amide bonds. The number of rotatable bonds is 5. The van der Waals surface area contributed by atoms with E-state index < -0.39 is 0 Å². The highest BCUT2D eigenvalue weighted by Gasteiger charge is 2.14. The zero-order valence-electron chi connectivity index (χ0n) is 11.8. The molecular formula is C14H19N5O. The molecule has 0 aliphatic carbocycles. The molecule has 20 heavy (non-hydrogen) atoms. The molecule has 0 saturated heterocycles. The lowest BCUT2D eigenvalue weighted by atomic mass is 10.0.